The zero-order valence-corrected chi connectivity index (χ0v) is 32.3. The molecule has 0 aliphatic rings. The monoisotopic (exact) mass is 689 g/mol. The lowest BCUT2D eigenvalue weighted by Gasteiger charge is -2.12. The molecule has 0 amide bonds. The number of ether oxygens (including phenoxy) is 3. The first-order chi connectivity index (χ1) is 24.2. The molecule has 3 nitrogen and oxygen atoms in total. The third-order valence-corrected chi connectivity index (χ3v) is 11.5. The Morgan fingerprint density at radius 3 is 0.776 bits per heavy atom. The van der Waals surface area contributed by atoms with E-state index in [-0.39, 0.29) is 10.9 Å². The van der Waals surface area contributed by atoms with E-state index in [0.717, 1.165) is 56.3 Å². The number of hydrogen-bond acceptors (Lipinski definition) is 3. The Balaban J connectivity index is 1.58. The molecule has 272 valence electrons. The second-order valence-electron chi connectivity index (χ2n) is 13.6. The van der Waals surface area contributed by atoms with Gasteiger partial charge in [0.15, 0.2) is 14.7 Å². The van der Waals surface area contributed by atoms with Crippen LogP contribution in [0.15, 0.2) is 87.5 Å². The van der Waals surface area contributed by atoms with E-state index in [0.29, 0.717) is 0 Å². The Labute approximate surface area is 304 Å². The fourth-order valence-corrected chi connectivity index (χ4v) is 8.21. The molecular formula is C45H69O3S+. The van der Waals surface area contributed by atoms with E-state index >= 15 is 0 Å². The number of unbranched alkanes of at least 4 members (excludes halogenated alkanes) is 18. The highest BCUT2D eigenvalue weighted by Gasteiger charge is 2.29. The van der Waals surface area contributed by atoms with Gasteiger partial charge in [-0.2, -0.15) is 0 Å². The second kappa shape index (κ2) is 27.2. The molecule has 0 spiro atoms. The van der Waals surface area contributed by atoms with Gasteiger partial charge in [-0.1, -0.05) is 136 Å². The van der Waals surface area contributed by atoms with Crippen molar-refractivity contribution >= 4 is 10.9 Å². The maximum Gasteiger partial charge on any atom is 0.166 e. The molecule has 0 fully saturated rings. The minimum Gasteiger partial charge on any atom is -0.494 e. The summed E-state index contributed by atoms with van der Waals surface area (Å²) in [4.78, 5) is 3.87. The predicted molar refractivity (Wildman–Crippen MR) is 212 cm³/mol. The van der Waals surface area contributed by atoms with Crippen LogP contribution in [0.3, 0.4) is 0 Å². The summed E-state index contributed by atoms with van der Waals surface area (Å²) >= 11 is 0. The third kappa shape index (κ3) is 17.8. The molecule has 0 aliphatic carbocycles. The molecule has 49 heavy (non-hydrogen) atoms. The lowest BCUT2D eigenvalue weighted by Crippen LogP contribution is -2.06. The molecule has 3 aromatic rings. The Morgan fingerprint density at radius 1 is 0.306 bits per heavy atom. The van der Waals surface area contributed by atoms with Gasteiger partial charge in [-0.05, 0) is 92.1 Å². The molecule has 0 saturated heterocycles. The van der Waals surface area contributed by atoms with Gasteiger partial charge in [0.25, 0.3) is 0 Å². The van der Waals surface area contributed by atoms with Crippen molar-refractivity contribution in [3.63, 3.8) is 0 Å². The molecule has 0 saturated carbocycles. The first-order valence-corrected chi connectivity index (χ1v) is 21.4. The number of benzene rings is 3. The van der Waals surface area contributed by atoms with Crippen LogP contribution in [0.2, 0.25) is 0 Å². The molecule has 0 aromatic heterocycles. The van der Waals surface area contributed by atoms with Crippen molar-refractivity contribution in [2.75, 3.05) is 19.8 Å². The fraction of sp³-hybridized carbons (Fsp3) is 0.600. The van der Waals surface area contributed by atoms with Crippen LogP contribution in [-0.2, 0) is 10.9 Å². The summed E-state index contributed by atoms with van der Waals surface area (Å²) in [7, 11) is -0.245. The topological polar surface area (TPSA) is 27.7 Å². The van der Waals surface area contributed by atoms with Crippen molar-refractivity contribution in [3.05, 3.63) is 72.8 Å². The lowest BCUT2D eigenvalue weighted by molar-refractivity contribution is 0.304. The molecule has 0 atom stereocenters. The van der Waals surface area contributed by atoms with Gasteiger partial charge in [-0.3, -0.25) is 0 Å². The summed E-state index contributed by atoms with van der Waals surface area (Å²) in [5.74, 6) is 2.88. The van der Waals surface area contributed by atoms with Crippen LogP contribution in [0, 0.1) is 0 Å². The summed E-state index contributed by atoms with van der Waals surface area (Å²) in [6, 6.07) is 26.4. The molecule has 3 aromatic carbocycles. The zero-order chi connectivity index (χ0) is 34.6. The van der Waals surface area contributed by atoms with Gasteiger partial charge in [0.1, 0.15) is 17.2 Å². The highest BCUT2D eigenvalue weighted by molar-refractivity contribution is 7.97. The van der Waals surface area contributed by atoms with Gasteiger partial charge in [0, 0.05) is 0 Å². The van der Waals surface area contributed by atoms with Crippen LogP contribution in [0.4, 0.5) is 0 Å². The summed E-state index contributed by atoms with van der Waals surface area (Å²) in [5.41, 5.74) is 0. The van der Waals surface area contributed by atoms with Gasteiger partial charge in [0.05, 0.1) is 30.7 Å². The Morgan fingerprint density at radius 2 is 0.531 bits per heavy atom. The van der Waals surface area contributed by atoms with Crippen LogP contribution in [0.1, 0.15) is 156 Å². The first-order valence-electron chi connectivity index (χ1n) is 20.2. The molecular weight excluding hydrogens is 621 g/mol. The SMILES string of the molecule is CCCCCCCCCOc1ccc([S+](c2ccc(OCCCCCCCCC)cc2)c2ccc(OCCCCCCCCC)cc2)cc1. The van der Waals surface area contributed by atoms with Gasteiger partial charge < -0.3 is 14.2 Å². The summed E-state index contributed by atoms with van der Waals surface area (Å²) in [6.07, 6.45) is 27.2. The maximum absolute atomic E-state index is 6.14. The van der Waals surface area contributed by atoms with E-state index in [4.69, 9.17) is 14.2 Å². The van der Waals surface area contributed by atoms with Crippen LogP contribution < -0.4 is 14.2 Å². The highest BCUT2D eigenvalue weighted by atomic mass is 32.2. The van der Waals surface area contributed by atoms with Crippen LogP contribution >= 0.6 is 0 Å². The molecule has 3 rings (SSSR count). The Bertz CT molecular complexity index is 1020. The zero-order valence-electron chi connectivity index (χ0n) is 31.5. The average molecular weight is 690 g/mol. The molecule has 4 heteroatoms. The van der Waals surface area contributed by atoms with Crippen LogP contribution in [0.25, 0.3) is 0 Å². The average Bonchev–Trinajstić information content (AvgIpc) is 3.13. The predicted octanol–water partition coefficient (Wildman–Crippen LogP) is 14.2. The van der Waals surface area contributed by atoms with Gasteiger partial charge in [-0.25, -0.2) is 0 Å². The van der Waals surface area contributed by atoms with E-state index in [1.807, 2.05) is 0 Å². The van der Waals surface area contributed by atoms with Crippen molar-refractivity contribution in [1.82, 2.24) is 0 Å². The quantitative estimate of drug-likeness (QED) is 0.0515. The molecule has 0 N–H and O–H groups in total. The summed E-state index contributed by atoms with van der Waals surface area (Å²) < 4.78 is 18.4. The molecule has 0 aliphatic heterocycles. The summed E-state index contributed by atoms with van der Waals surface area (Å²) in [6.45, 7) is 9.19. The van der Waals surface area contributed by atoms with Crippen LogP contribution in [0.5, 0.6) is 17.2 Å². The molecule has 0 unspecified atom stereocenters. The largest absolute Gasteiger partial charge is 0.494 e. The standard InChI is InChI=1S/C45H69O3S/c1-4-7-10-13-16-19-22-37-46-40-25-31-43(32-26-40)49(44-33-27-41(28-34-44)47-38-23-20-17-14-11-8-5-2)45-35-29-42(30-36-45)48-39-24-21-18-15-12-9-6-3/h25-36H,4-24,37-39H2,1-3H3/q+1. The van der Waals surface area contributed by atoms with Crippen molar-refractivity contribution in [2.24, 2.45) is 0 Å². The molecule has 0 radical (unpaired) electrons. The fourth-order valence-electron chi connectivity index (χ4n) is 6.17. The third-order valence-electron chi connectivity index (χ3n) is 9.23. The summed E-state index contributed by atoms with van der Waals surface area (Å²) in [5, 5.41) is 0. The van der Waals surface area contributed by atoms with E-state index in [1.165, 1.54) is 130 Å². The minimum absolute atomic E-state index is 0.245. The maximum atomic E-state index is 6.14. The van der Waals surface area contributed by atoms with Crippen molar-refractivity contribution in [2.45, 2.75) is 170 Å². The van der Waals surface area contributed by atoms with Crippen molar-refractivity contribution in [3.8, 4) is 17.2 Å². The van der Waals surface area contributed by atoms with Gasteiger partial charge >= 0.3 is 0 Å². The van der Waals surface area contributed by atoms with Crippen LogP contribution in [-0.4, -0.2) is 19.8 Å². The number of hydrogen-bond donors (Lipinski definition) is 0. The molecule has 0 bridgehead atoms. The lowest BCUT2D eigenvalue weighted by atomic mass is 10.1. The highest BCUT2D eigenvalue weighted by Crippen LogP contribution is 2.34. The van der Waals surface area contributed by atoms with E-state index in [1.54, 1.807) is 0 Å². The van der Waals surface area contributed by atoms with Crippen molar-refractivity contribution < 1.29 is 14.2 Å². The van der Waals surface area contributed by atoms with Crippen molar-refractivity contribution in [1.29, 1.82) is 0 Å². The normalized spacial score (nSPS) is 11.3. The van der Waals surface area contributed by atoms with E-state index in [2.05, 4.69) is 93.6 Å². The number of rotatable bonds is 30. The van der Waals surface area contributed by atoms with E-state index < -0.39 is 0 Å². The Hall–Kier alpha value is -2.59. The van der Waals surface area contributed by atoms with Gasteiger partial charge in [0.2, 0.25) is 0 Å². The Kier molecular flexibility index (Phi) is 22.6. The second-order valence-corrected chi connectivity index (χ2v) is 15.7. The van der Waals surface area contributed by atoms with Gasteiger partial charge in [-0.15, -0.1) is 0 Å². The smallest absolute Gasteiger partial charge is 0.166 e. The minimum atomic E-state index is -0.245. The molecule has 0 heterocycles. The first kappa shape index (κ1) is 40.8. The van der Waals surface area contributed by atoms with E-state index in [9.17, 15) is 0 Å².